The first-order chi connectivity index (χ1) is 8.99. The summed E-state index contributed by atoms with van der Waals surface area (Å²) in [6, 6.07) is 2.82. The van der Waals surface area contributed by atoms with Gasteiger partial charge in [-0.3, -0.25) is 5.32 Å². The summed E-state index contributed by atoms with van der Waals surface area (Å²) in [5.41, 5.74) is -0.360. The Balaban J connectivity index is 4.03. The fourth-order valence-electron chi connectivity index (χ4n) is 2.31. The lowest BCUT2D eigenvalue weighted by Crippen LogP contribution is -2.47. The van der Waals surface area contributed by atoms with Crippen molar-refractivity contribution in [2.24, 2.45) is 0 Å². The number of nitrogens with zero attached hydrogens (tertiary/aromatic N) is 2. The van der Waals surface area contributed by atoms with Crippen LogP contribution < -0.4 is 5.32 Å². The summed E-state index contributed by atoms with van der Waals surface area (Å²) in [6.45, 7) is 9.18. The van der Waals surface area contributed by atoms with E-state index in [-0.39, 0.29) is 5.54 Å². The number of methoxy groups -OCH3 is 1. The molecule has 4 heteroatoms. The number of nitriles is 1. The third-order valence-corrected chi connectivity index (χ3v) is 3.41. The Morgan fingerprint density at radius 1 is 1.32 bits per heavy atom. The topological polar surface area (TPSA) is 48.3 Å². The highest BCUT2D eigenvalue weighted by Gasteiger charge is 2.27. The van der Waals surface area contributed by atoms with E-state index in [0.29, 0.717) is 6.04 Å². The van der Waals surface area contributed by atoms with E-state index in [9.17, 15) is 5.26 Å². The summed E-state index contributed by atoms with van der Waals surface area (Å²) >= 11 is 0. The van der Waals surface area contributed by atoms with E-state index in [4.69, 9.17) is 4.74 Å². The van der Waals surface area contributed by atoms with Gasteiger partial charge in [-0.25, -0.2) is 0 Å². The molecule has 0 spiro atoms. The molecular weight excluding hydrogens is 238 g/mol. The average Bonchev–Trinajstić information content (AvgIpc) is 2.37. The van der Waals surface area contributed by atoms with Crippen LogP contribution >= 0.6 is 0 Å². The van der Waals surface area contributed by atoms with Crippen LogP contribution in [-0.2, 0) is 4.74 Å². The molecule has 0 fully saturated rings. The molecule has 0 saturated carbocycles. The van der Waals surface area contributed by atoms with Crippen molar-refractivity contribution in [3.63, 3.8) is 0 Å². The van der Waals surface area contributed by atoms with Crippen molar-refractivity contribution in [3.8, 4) is 6.07 Å². The van der Waals surface area contributed by atoms with Crippen LogP contribution in [0.1, 0.15) is 46.5 Å². The smallest absolute Gasteiger partial charge is 0.106 e. The summed E-state index contributed by atoms with van der Waals surface area (Å²) in [7, 11) is 3.87. The van der Waals surface area contributed by atoms with Gasteiger partial charge in [0.15, 0.2) is 0 Å². The lowest BCUT2D eigenvalue weighted by Gasteiger charge is -2.29. The van der Waals surface area contributed by atoms with Gasteiger partial charge in [-0.1, -0.05) is 6.92 Å². The monoisotopic (exact) mass is 269 g/mol. The number of nitrogens with one attached hydrogen (secondary N) is 1. The molecule has 0 saturated heterocycles. The number of hydrogen-bond acceptors (Lipinski definition) is 4. The molecule has 1 atom stereocenters. The molecule has 0 amide bonds. The average molecular weight is 269 g/mol. The quantitative estimate of drug-likeness (QED) is 0.585. The minimum Gasteiger partial charge on any atom is -0.385 e. The van der Waals surface area contributed by atoms with E-state index in [1.165, 1.54) is 0 Å². The largest absolute Gasteiger partial charge is 0.385 e. The molecule has 0 aliphatic rings. The van der Waals surface area contributed by atoms with Gasteiger partial charge in [0.25, 0.3) is 0 Å². The van der Waals surface area contributed by atoms with Crippen molar-refractivity contribution in [2.75, 3.05) is 33.9 Å². The molecule has 4 nitrogen and oxygen atoms in total. The highest BCUT2D eigenvalue weighted by atomic mass is 16.5. The van der Waals surface area contributed by atoms with Gasteiger partial charge >= 0.3 is 0 Å². The first-order valence-corrected chi connectivity index (χ1v) is 7.36. The number of hydrogen-bond donors (Lipinski definition) is 1. The SMILES string of the molecule is CCC(C#N)(CCCN(C)CCCOC)NC(C)C. The number of rotatable bonds is 11. The molecule has 112 valence electrons. The van der Waals surface area contributed by atoms with E-state index in [0.717, 1.165) is 45.4 Å². The van der Waals surface area contributed by atoms with E-state index in [2.05, 4.69) is 44.1 Å². The minimum atomic E-state index is -0.360. The maximum absolute atomic E-state index is 9.42. The van der Waals surface area contributed by atoms with Gasteiger partial charge in [0.2, 0.25) is 0 Å². The highest BCUT2D eigenvalue weighted by molar-refractivity contribution is 5.06. The lowest BCUT2D eigenvalue weighted by molar-refractivity contribution is 0.178. The van der Waals surface area contributed by atoms with Crippen molar-refractivity contribution in [1.82, 2.24) is 10.2 Å². The van der Waals surface area contributed by atoms with Crippen molar-refractivity contribution < 1.29 is 4.74 Å². The van der Waals surface area contributed by atoms with Crippen LogP contribution in [0.15, 0.2) is 0 Å². The zero-order chi connectivity index (χ0) is 14.7. The second-order valence-electron chi connectivity index (χ2n) is 5.60. The molecule has 0 rings (SSSR count). The fraction of sp³-hybridized carbons (Fsp3) is 0.933. The molecule has 1 unspecified atom stereocenters. The van der Waals surface area contributed by atoms with Crippen LogP contribution in [0.2, 0.25) is 0 Å². The fourth-order valence-corrected chi connectivity index (χ4v) is 2.31. The van der Waals surface area contributed by atoms with Crippen LogP contribution in [-0.4, -0.2) is 50.3 Å². The van der Waals surface area contributed by atoms with Gasteiger partial charge in [-0.05, 0) is 53.1 Å². The van der Waals surface area contributed by atoms with Gasteiger partial charge in [-0.2, -0.15) is 5.26 Å². The van der Waals surface area contributed by atoms with Crippen LogP contribution in [0, 0.1) is 11.3 Å². The highest BCUT2D eigenvalue weighted by Crippen LogP contribution is 2.17. The normalized spacial score (nSPS) is 14.6. The maximum Gasteiger partial charge on any atom is 0.106 e. The first-order valence-electron chi connectivity index (χ1n) is 7.36. The summed E-state index contributed by atoms with van der Waals surface area (Å²) in [6.07, 6.45) is 3.88. The predicted molar refractivity (Wildman–Crippen MR) is 80.1 cm³/mol. The Bertz CT molecular complexity index is 263. The van der Waals surface area contributed by atoms with Crippen LogP contribution in [0.5, 0.6) is 0 Å². The summed E-state index contributed by atoms with van der Waals surface area (Å²) in [5, 5.41) is 12.8. The van der Waals surface area contributed by atoms with E-state index >= 15 is 0 Å². The van der Waals surface area contributed by atoms with E-state index in [1.807, 2.05) is 0 Å². The molecule has 0 aromatic heterocycles. The van der Waals surface area contributed by atoms with Crippen molar-refractivity contribution >= 4 is 0 Å². The summed E-state index contributed by atoms with van der Waals surface area (Å²) in [4.78, 5) is 2.31. The molecule has 0 bridgehead atoms. The molecule has 0 aliphatic carbocycles. The van der Waals surface area contributed by atoms with Gasteiger partial charge in [0.05, 0.1) is 6.07 Å². The van der Waals surface area contributed by atoms with Crippen LogP contribution in [0.3, 0.4) is 0 Å². The zero-order valence-electron chi connectivity index (χ0n) is 13.3. The third kappa shape index (κ3) is 8.20. The van der Waals surface area contributed by atoms with Crippen molar-refractivity contribution in [2.45, 2.75) is 58.0 Å². The van der Waals surface area contributed by atoms with E-state index < -0.39 is 0 Å². The van der Waals surface area contributed by atoms with Crippen LogP contribution in [0.25, 0.3) is 0 Å². The summed E-state index contributed by atoms with van der Waals surface area (Å²) in [5.74, 6) is 0. The molecule has 0 aromatic rings. The predicted octanol–water partition coefficient (Wildman–Crippen LogP) is 2.41. The molecule has 0 aliphatic heterocycles. The molecule has 1 N–H and O–H groups in total. The standard InChI is InChI=1S/C15H31N3O/c1-6-15(13-16,17-14(2)3)9-7-10-18(4)11-8-12-19-5/h14,17H,6-12H2,1-5H3. The Labute approximate surface area is 119 Å². The Morgan fingerprint density at radius 2 is 1.95 bits per heavy atom. The summed E-state index contributed by atoms with van der Waals surface area (Å²) < 4.78 is 5.05. The third-order valence-electron chi connectivity index (χ3n) is 3.41. The minimum absolute atomic E-state index is 0.346. The van der Waals surface area contributed by atoms with Crippen LogP contribution in [0.4, 0.5) is 0 Å². The lowest BCUT2D eigenvalue weighted by atomic mass is 9.91. The van der Waals surface area contributed by atoms with E-state index in [1.54, 1.807) is 7.11 Å². The van der Waals surface area contributed by atoms with Gasteiger partial charge in [0.1, 0.15) is 5.54 Å². The number of ether oxygens (including phenoxy) is 1. The molecule has 0 heterocycles. The molecule has 19 heavy (non-hydrogen) atoms. The second kappa shape index (κ2) is 10.2. The Kier molecular flexibility index (Phi) is 9.85. The van der Waals surface area contributed by atoms with Gasteiger partial charge in [0, 0.05) is 26.3 Å². The van der Waals surface area contributed by atoms with Gasteiger partial charge < -0.3 is 9.64 Å². The molecule has 0 radical (unpaired) electrons. The molecular formula is C15H31N3O. The molecule has 0 aromatic carbocycles. The Hall–Kier alpha value is -0.630. The van der Waals surface area contributed by atoms with Crippen molar-refractivity contribution in [1.29, 1.82) is 5.26 Å². The Morgan fingerprint density at radius 3 is 2.42 bits per heavy atom. The van der Waals surface area contributed by atoms with Gasteiger partial charge in [-0.15, -0.1) is 0 Å². The van der Waals surface area contributed by atoms with Crippen molar-refractivity contribution in [3.05, 3.63) is 0 Å². The maximum atomic E-state index is 9.42. The first kappa shape index (κ1) is 18.4. The second-order valence-corrected chi connectivity index (χ2v) is 5.60. The zero-order valence-corrected chi connectivity index (χ0v) is 13.3.